The summed E-state index contributed by atoms with van der Waals surface area (Å²) >= 11 is 0. The van der Waals surface area contributed by atoms with Crippen LogP contribution in [0.5, 0.6) is 5.75 Å². The number of nitro groups is 1. The van der Waals surface area contributed by atoms with Crippen molar-refractivity contribution in [2.24, 2.45) is 0 Å². The van der Waals surface area contributed by atoms with Gasteiger partial charge >= 0.3 is 0 Å². The van der Waals surface area contributed by atoms with E-state index in [2.05, 4.69) is 17.2 Å². The number of carbonyl (C=O) groups is 1. The van der Waals surface area contributed by atoms with Gasteiger partial charge in [-0.15, -0.1) is 0 Å². The number of fused-ring (bicyclic) bond motifs is 1. The summed E-state index contributed by atoms with van der Waals surface area (Å²) in [7, 11) is 0. The Labute approximate surface area is 155 Å². The molecular formula is C21H16N2O4. The van der Waals surface area contributed by atoms with E-state index in [1.165, 1.54) is 24.3 Å². The summed E-state index contributed by atoms with van der Waals surface area (Å²) in [6.07, 6.45) is 0. The molecule has 0 heterocycles. The first-order valence-electron chi connectivity index (χ1n) is 8.24. The van der Waals surface area contributed by atoms with Crippen molar-refractivity contribution < 1.29 is 14.5 Å². The lowest BCUT2D eigenvalue weighted by Crippen LogP contribution is -2.23. The van der Waals surface area contributed by atoms with E-state index in [9.17, 15) is 14.9 Å². The first kappa shape index (κ1) is 18.0. The summed E-state index contributed by atoms with van der Waals surface area (Å²) in [6, 6.07) is 19.2. The van der Waals surface area contributed by atoms with Gasteiger partial charge in [-0.1, -0.05) is 48.2 Å². The van der Waals surface area contributed by atoms with Gasteiger partial charge < -0.3 is 10.1 Å². The summed E-state index contributed by atoms with van der Waals surface area (Å²) in [4.78, 5) is 22.0. The van der Waals surface area contributed by atoms with Gasteiger partial charge in [0, 0.05) is 23.1 Å². The largest absolute Gasteiger partial charge is 0.480 e. The molecule has 0 bridgehead atoms. The van der Waals surface area contributed by atoms with Gasteiger partial charge in [0.05, 0.1) is 11.5 Å². The van der Waals surface area contributed by atoms with Crippen molar-refractivity contribution in [1.29, 1.82) is 0 Å². The highest BCUT2D eigenvalue weighted by atomic mass is 16.6. The SMILES string of the molecule is O=C(NCC#CCOc1cccc2ccccc12)c1ccc([N+](=O)[O-])cc1. The molecule has 0 radical (unpaired) electrons. The van der Waals surface area contributed by atoms with Crippen LogP contribution in [0.25, 0.3) is 10.8 Å². The van der Waals surface area contributed by atoms with Gasteiger partial charge in [-0.25, -0.2) is 0 Å². The molecule has 0 aromatic heterocycles. The zero-order valence-corrected chi connectivity index (χ0v) is 14.3. The van der Waals surface area contributed by atoms with Crippen LogP contribution in [0.15, 0.2) is 66.7 Å². The third kappa shape index (κ3) is 4.61. The van der Waals surface area contributed by atoms with Gasteiger partial charge in [0.1, 0.15) is 12.4 Å². The van der Waals surface area contributed by atoms with Crippen molar-refractivity contribution in [1.82, 2.24) is 5.32 Å². The molecule has 27 heavy (non-hydrogen) atoms. The van der Waals surface area contributed by atoms with Crippen LogP contribution in [0, 0.1) is 22.0 Å². The standard InChI is InChI=1S/C21H16N2O4/c24-21(17-10-12-18(13-11-17)23(25)26)22-14-3-4-15-27-20-9-5-7-16-6-1-2-8-19(16)20/h1-2,5-13H,14-15H2,(H,22,24). The molecule has 0 atom stereocenters. The minimum Gasteiger partial charge on any atom is -0.480 e. The minimum absolute atomic E-state index is 0.0584. The normalized spacial score (nSPS) is 9.93. The van der Waals surface area contributed by atoms with Crippen LogP contribution in [0.1, 0.15) is 10.4 Å². The molecule has 3 aromatic carbocycles. The number of nitrogens with zero attached hydrogens (tertiary/aromatic N) is 1. The lowest BCUT2D eigenvalue weighted by molar-refractivity contribution is -0.384. The average Bonchev–Trinajstić information content (AvgIpc) is 2.70. The Morgan fingerprint density at radius 1 is 1.00 bits per heavy atom. The van der Waals surface area contributed by atoms with Gasteiger partial charge in [0.15, 0.2) is 0 Å². The first-order valence-corrected chi connectivity index (χ1v) is 8.24. The zero-order valence-electron chi connectivity index (χ0n) is 14.3. The molecule has 0 aliphatic heterocycles. The molecule has 0 aliphatic carbocycles. The predicted molar refractivity (Wildman–Crippen MR) is 103 cm³/mol. The molecule has 6 nitrogen and oxygen atoms in total. The Morgan fingerprint density at radius 3 is 2.52 bits per heavy atom. The Hall–Kier alpha value is -3.85. The average molecular weight is 360 g/mol. The van der Waals surface area contributed by atoms with E-state index in [1.807, 2.05) is 42.5 Å². The number of carbonyl (C=O) groups excluding carboxylic acids is 1. The number of ether oxygens (including phenoxy) is 1. The second kappa shape index (κ2) is 8.50. The van der Waals surface area contributed by atoms with Crippen molar-refractivity contribution >= 4 is 22.4 Å². The van der Waals surface area contributed by atoms with Crippen LogP contribution in [-0.4, -0.2) is 24.0 Å². The molecule has 0 aliphatic rings. The smallest absolute Gasteiger partial charge is 0.269 e. The molecule has 1 N–H and O–H groups in total. The van der Waals surface area contributed by atoms with Crippen LogP contribution in [0.3, 0.4) is 0 Å². The minimum atomic E-state index is -0.511. The van der Waals surface area contributed by atoms with E-state index in [0.717, 1.165) is 16.5 Å². The molecular weight excluding hydrogens is 344 g/mol. The topological polar surface area (TPSA) is 81.5 Å². The highest BCUT2D eigenvalue weighted by Crippen LogP contribution is 2.24. The fourth-order valence-corrected chi connectivity index (χ4v) is 2.51. The van der Waals surface area contributed by atoms with E-state index in [4.69, 9.17) is 4.74 Å². The van der Waals surface area contributed by atoms with Gasteiger partial charge in [-0.2, -0.15) is 0 Å². The van der Waals surface area contributed by atoms with Crippen LogP contribution >= 0.6 is 0 Å². The maximum Gasteiger partial charge on any atom is 0.269 e. The van der Waals surface area contributed by atoms with Gasteiger partial charge in [-0.3, -0.25) is 14.9 Å². The van der Waals surface area contributed by atoms with E-state index in [-0.39, 0.29) is 24.7 Å². The maximum atomic E-state index is 11.9. The molecule has 6 heteroatoms. The number of rotatable bonds is 5. The number of amides is 1. The van der Waals surface area contributed by atoms with E-state index >= 15 is 0 Å². The van der Waals surface area contributed by atoms with Crippen LogP contribution in [0.2, 0.25) is 0 Å². The molecule has 3 aromatic rings. The lowest BCUT2D eigenvalue weighted by atomic mass is 10.1. The van der Waals surface area contributed by atoms with Gasteiger partial charge in [-0.05, 0) is 23.6 Å². The Kier molecular flexibility index (Phi) is 5.65. The van der Waals surface area contributed by atoms with Gasteiger partial charge in [0.25, 0.3) is 11.6 Å². The van der Waals surface area contributed by atoms with E-state index < -0.39 is 4.92 Å². The van der Waals surface area contributed by atoms with Crippen LogP contribution in [-0.2, 0) is 0 Å². The van der Waals surface area contributed by atoms with E-state index in [1.54, 1.807) is 0 Å². The van der Waals surface area contributed by atoms with Crippen molar-refractivity contribution in [3.63, 3.8) is 0 Å². The highest BCUT2D eigenvalue weighted by Gasteiger charge is 2.08. The lowest BCUT2D eigenvalue weighted by Gasteiger charge is -2.06. The van der Waals surface area contributed by atoms with Crippen LogP contribution in [0.4, 0.5) is 5.69 Å². The third-order valence-corrected chi connectivity index (χ3v) is 3.85. The Morgan fingerprint density at radius 2 is 1.74 bits per heavy atom. The molecule has 0 spiro atoms. The molecule has 0 fully saturated rings. The number of benzene rings is 3. The van der Waals surface area contributed by atoms with E-state index in [0.29, 0.717) is 5.56 Å². The van der Waals surface area contributed by atoms with Crippen molar-refractivity contribution in [3.8, 4) is 17.6 Å². The summed E-state index contributed by atoms with van der Waals surface area (Å²) in [6.45, 7) is 0.371. The molecule has 134 valence electrons. The highest BCUT2D eigenvalue weighted by molar-refractivity contribution is 5.94. The fraction of sp³-hybridized carbons (Fsp3) is 0.0952. The molecule has 3 rings (SSSR count). The van der Waals surface area contributed by atoms with Crippen molar-refractivity contribution in [2.45, 2.75) is 0 Å². The predicted octanol–water partition coefficient (Wildman–Crippen LogP) is 3.56. The summed E-state index contributed by atoms with van der Waals surface area (Å²) < 4.78 is 5.70. The second-order valence-electron chi connectivity index (χ2n) is 5.61. The van der Waals surface area contributed by atoms with Crippen molar-refractivity contribution in [2.75, 3.05) is 13.2 Å². The van der Waals surface area contributed by atoms with Gasteiger partial charge in [0.2, 0.25) is 0 Å². The first-order chi connectivity index (χ1) is 13.1. The Balaban J connectivity index is 1.49. The fourth-order valence-electron chi connectivity index (χ4n) is 2.51. The number of nitrogens with one attached hydrogen (secondary N) is 1. The second-order valence-corrected chi connectivity index (χ2v) is 5.61. The summed E-state index contributed by atoms with van der Waals surface area (Å²) in [5.41, 5.74) is 0.284. The maximum absolute atomic E-state index is 11.9. The van der Waals surface area contributed by atoms with Crippen LogP contribution < -0.4 is 10.1 Å². The Bertz CT molecular complexity index is 1030. The number of hydrogen-bond acceptors (Lipinski definition) is 4. The monoisotopic (exact) mass is 360 g/mol. The van der Waals surface area contributed by atoms with Crippen molar-refractivity contribution in [3.05, 3.63) is 82.4 Å². The zero-order chi connectivity index (χ0) is 19.1. The molecule has 1 amide bonds. The molecule has 0 saturated carbocycles. The number of hydrogen-bond donors (Lipinski definition) is 1. The molecule has 0 unspecified atom stereocenters. The number of non-ortho nitro benzene ring substituents is 1. The quantitative estimate of drug-likeness (QED) is 0.428. The number of nitro benzene ring substituents is 1. The third-order valence-electron chi connectivity index (χ3n) is 3.85. The molecule has 0 saturated heterocycles. The summed E-state index contributed by atoms with van der Waals surface area (Å²) in [5, 5.41) is 15.4. The summed E-state index contributed by atoms with van der Waals surface area (Å²) in [5.74, 6) is 6.09.